The molecular weight excluding hydrogens is 272 g/mol. The van der Waals surface area contributed by atoms with Gasteiger partial charge in [-0.15, -0.1) is 0 Å². The minimum atomic E-state index is -1.56. The molecule has 4 N–H and O–H groups in total. The molecule has 3 nitrogen and oxygen atoms in total. The average Bonchev–Trinajstić information content (AvgIpc) is 2.22. The van der Waals surface area contributed by atoms with Gasteiger partial charge in [-0.05, 0) is 12.1 Å². The first-order valence-corrected chi connectivity index (χ1v) is 5.26. The van der Waals surface area contributed by atoms with E-state index in [1.165, 1.54) is 0 Å². The second kappa shape index (κ2) is 4.87. The highest BCUT2D eigenvalue weighted by atomic mass is 79.9. The van der Waals surface area contributed by atoms with Crippen molar-refractivity contribution in [2.75, 3.05) is 11.1 Å². The van der Waals surface area contributed by atoms with Crippen molar-refractivity contribution in [1.29, 1.82) is 0 Å². The number of nitrogen functional groups attached to an aromatic ring is 1. The Balaban J connectivity index is 3.18. The van der Waals surface area contributed by atoms with Gasteiger partial charge in [-0.2, -0.15) is 0 Å². The van der Waals surface area contributed by atoms with E-state index in [2.05, 4.69) is 15.9 Å². The third-order valence-electron chi connectivity index (χ3n) is 1.98. The summed E-state index contributed by atoms with van der Waals surface area (Å²) in [4.78, 5) is 0. The Hall–Kier alpha value is -0.720. The largest absolute Gasteiger partial charge is 0.398 e. The molecule has 0 amide bonds. The van der Waals surface area contributed by atoms with E-state index < -0.39 is 29.4 Å². The van der Waals surface area contributed by atoms with Crippen molar-refractivity contribution in [3.8, 4) is 0 Å². The lowest BCUT2D eigenvalue weighted by molar-refractivity contribution is 0.0321. The third kappa shape index (κ3) is 2.45. The van der Waals surface area contributed by atoms with Crippen LogP contribution in [0.4, 0.5) is 14.5 Å². The van der Waals surface area contributed by atoms with Crippen LogP contribution in [0.15, 0.2) is 12.1 Å². The molecule has 0 aliphatic rings. The number of hydrogen-bond donors (Lipinski definition) is 3. The van der Waals surface area contributed by atoms with Crippen LogP contribution in [0, 0.1) is 11.6 Å². The molecule has 0 fully saturated rings. The zero-order valence-corrected chi connectivity index (χ0v) is 9.21. The molecule has 0 heterocycles. The van der Waals surface area contributed by atoms with Gasteiger partial charge in [0.25, 0.3) is 0 Å². The lowest BCUT2D eigenvalue weighted by atomic mass is 10.0. The minimum absolute atomic E-state index is 0.0313. The number of alkyl halides is 1. The maximum absolute atomic E-state index is 13.3. The second-order valence-electron chi connectivity index (χ2n) is 3.03. The fraction of sp³-hybridized carbons (Fsp3) is 0.333. The van der Waals surface area contributed by atoms with Gasteiger partial charge in [-0.25, -0.2) is 8.78 Å². The normalized spacial score (nSPS) is 15.0. The van der Waals surface area contributed by atoms with Crippen LogP contribution in [0.2, 0.25) is 0 Å². The predicted molar refractivity (Wildman–Crippen MR) is 55.5 cm³/mol. The number of halogens is 3. The van der Waals surface area contributed by atoms with Crippen LogP contribution in [0.1, 0.15) is 11.7 Å². The van der Waals surface area contributed by atoms with Crippen molar-refractivity contribution in [3.63, 3.8) is 0 Å². The van der Waals surface area contributed by atoms with E-state index >= 15 is 0 Å². The Kier molecular flexibility index (Phi) is 4.01. The molecule has 0 spiro atoms. The number of aliphatic hydroxyl groups excluding tert-OH is 2. The van der Waals surface area contributed by atoms with Crippen LogP contribution in [-0.2, 0) is 0 Å². The standard InChI is InChI=1S/C9H10BrF2NO2/c10-3-6(14)9(15)7-5(13)2-1-4(11)8(7)12/h1-2,6,9,14-15H,3,13H2. The first-order valence-electron chi connectivity index (χ1n) is 4.14. The van der Waals surface area contributed by atoms with Crippen molar-refractivity contribution < 1.29 is 19.0 Å². The molecular formula is C9H10BrF2NO2. The Morgan fingerprint density at radius 3 is 2.47 bits per heavy atom. The summed E-state index contributed by atoms with van der Waals surface area (Å²) in [6.45, 7) is 0. The number of nitrogens with two attached hydrogens (primary N) is 1. The molecule has 0 aliphatic heterocycles. The Morgan fingerprint density at radius 2 is 1.93 bits per heavy atom. The molecule has 0 aliphatic carbocycles. The first kappa shape index (κ1) is 12.4. The van der Waals surface area contributed by atoms with Gasteiger partial charge >= 0.3 is 0 Å². The van der Waals surface area contributed by atoms with E-state index in [1.807, 2.05) is 0 Å². The monoisotopic (exact) mass is 281 g/mol. The summed E-state index contributed by atoms with van der Waals surface area (Å²) >= 11 is 2.91. The number of hydrogen-bond acceptors (Lipinski definition) is 3. The summed E-state index contributed by atoms with van der Waals surface area (Å²) in [5.74, 6) is -2.34. The molecule has 0 saturated carbocycles. The van der Waals surface area contributed by atoms with Gasteiger partial charge in [0.05, 0.1) is 6.10 Å². The molecule has 1 aromatic rings. The predicted octanol–water partition coefficient (Wildman–Crippen LogP) is 1.34. The Bertz CT molecular complexity index is 362. The highest BCUT2D eigenvalue weighted by Crippen LogP contribution is 2.28. The molecule has 84 valence electrons. The van der Waals surface area contributed by atoms with Gasteiger partial charge in [0.15, 0.2) is 11.6 Å². The maximum Gasteiger partial charge on any atom is 0.166 e. The highest BCUT2D eigenvalue weighted by molar-refractivity contribution is 9.09. The van der Waals surface area contributed by atoms with Gasteiger partial charge in [-0.1, -0.05) is 15.9 Å². The molecule has 0 bridgehead atoms. The molecule has 0 aromatic heterocycles. The van der Waals surface area contributed by atoms with Crippen molar-refractivity contribution in [3.05, 3.63) is 29.3 Å². The number of rotatable bonds is 3. The molecule has 0 saturated heterocycles. The zero-order chi connectivity index (χ0) is 11.6. The smallest absolute Gasteiger partial charge is 0.166 e. The van der Waals surface area contributed by atoms with Gasteiger partial charge in [0.2, 0.25) is 0 Å². The van der Waals surface area contributed by atoms with Crippen LogP contribution in [0.5, 0.6) is 0 Å². The van der Waals surface area contributed by atoms with Crippen molar-refractivity contribution in [2.24, 2.45) is 0 Å². The summed E-state index contributed by atoms with van der Waals surface area (Å²) < 4.78 is 26.1. The zero-order valence-electron chi connectivity index (χ0n) is 7.62. The van der Waals surface area contributed by atoms with E-state index in [4.69, 9.17) is 5.73 Å². The van der Waals surface area contributed by atoms with Crippen molar-refractivity contribution >= 4 is 21.6 Å². The quantitative estimate of drug-likeness (QED) is 0.579. The van der Waals surface area contributed by atoms with Crippen LogP contribution >= 0.6 is 15.9 Å². The molecule has 1 rings (SSSR count). The van der Waals surface area contributed by atoms with E-state index in [0.717, 1.165) is 12.1 Å². The van der Waals surface area contributed by atoms with E-state index in [1.54, 1.807) is 0 Å². The molecule has 1 aromatic carbocycles. The number of anilines is 1. The lowest BCUT2D eigenvalue weighted by Crippen LogP contribution is -2.22. The van der Waals surface area contributed by atoms with Crippen LogP contribution in [0.25, 0.3) is 0 Å². The summed E-state index contributed by atoms with van der Waals surface area (Å²) in [6.07, 6.45) is -2.80. The topological polar surface area (TPSA) is 66.5 Å². The number of aliphatic hydroxyl groups is 2. The van der Waals surface area contributed by atoms with Crippen molar-refractivity contribution in [1.82, 2.24) is 0 Å². The average molecular weight is 282 g/mol. The van der Waals surface area contributed by atoms with Gasteiger partial charge in [-0.3, -0.25) is 0 Å². The maximum atomic E-state index is 13.3. The van der Waals surface area contributed by atoms with Gasteiger partial charge in [0, 0.05) is 16.6 Å². The third-order valence-corrected chi connectivity index (χ3v) is 2.65. The summed E-state index contributed by atoms with van der Waals surface area (Å²) in [5.41, 5.74) is 4.88. The molecule has 15 heavy (non-hydrogen) atoms. The second-order valence-corrected chi connectivity index (χ2v) is 3.68. The van der Waals surface area contributed by atoms with E-state index in [0.29, 0.717) is 0 Å². The molecule has 2 atom stereocenters. The van der Waals surface area contributed by atoms with Crippen molar-refractivity contribution in [2.45, 2.75) is 12.2 Å². The van der Waals surface area contributed by atoms with E-state index in [9.17, 15) is 19.0 Å². The molecule has 0 radical (unpaired) electrons. The first-order chi connectivity index (χ1) is 6.99. The summed E-state index contributed by atoms with van der Waals surface area (Å²) in [5, 5.41) is 18.8. The number of benzene rings is 1. The lowest BCUT2D eigenvalue weighted by Gasteiger charge is -2.18. The molecule has 2 unspecified atom stereocenters. The van der Waals surface area contributed by atoms with Crippen LogP contribution in [-0.4, -0.2) is 21.6 Å². The van der Waals surface area contributed by atoms with E-state index in [-0.39, 0.29) is 11.0 Å². The summed E-state index contributed by atoms with van der Waals surface area (Å²) in [6, 6.07) is 2.00. The van der Waals surface area contributed by atoms with Crippen LogP contribution in [0.3, 0.4) is 0 Å². The minimum Gasteiger partial charge on any atom is -0.398 e. The Labute approximate surface area is 93.7 Å². The molecule has 6 heteroatoms. The summed E-state index contributed by atoms with van der Waals surface area (Å²) in [7, 11) is 0. The SMILES string of the molecule is Nc1ccc(F)c(F)c1C(O)C(O)CBr. The Morgan fingerprint density at radius 1 is 1.33 bits per heavy atom. The van der Waals surface area contributed by atoms with Gasteiger partial charge in [0.1, 0.15) is 6.10 Å². The van der Waals surface area contributed by atoms with Crippen LogP contribution < -0.4 is 5.73 Å². The highest BCUT2D eigenvalue weighted by Gasteiger charge is 2.24. The fourth-order valence-corrected chi connectivity index (χ4v) is 1.51. The van der Waals surface area contributed by atoms with Gasteiger partial charge < -0.3 is 15.9 Å². The fourth-order valence-electron chi connectivity index (χ4n) is 1.16.